The van der Waals surface area contributed by atoms with E-state index >= 15 is 0 Å². The number of thiazole rings is 1. The summed E-state index contributed by atoms with van der Waals surface area (Å²) in [7, 11) is -3.34. The largest absolute Gasteiger partial charge is 0.340 e. The fourth-order valence-electron chi connectivity index (χ4n) is 2.50. The van der Waals surface area contributed by atoms with Crippen LogP contribution in [0.15, 0.2) is 5.38 Å². The number of aromatic nitrogens is 1. The summed E-state index contributed by atoms with van der Waals surface area (Å²) < 4.78 is 23.1. The average molecular weight is 345 g/mol. The number of carbonyl (C=O) groups is 1. The van der Waals surface area contributed by atoms with Gasteiger partial charge in [-0.15, -0.1) is 11.3 Å². The molecule has 1 aliphatic rings. The molecule has 1 saturated heterocycles. The molecule has 0 unspecified atom stereocenters. The van der Waals surface area contributed by atoms with E-state index in [1.54, 1.807) is 16.2 Å². The highest BCUT2D eigenvalue weighted by Crippen LogP contribution is 2.13. The molecule has 1 fully saturated rings. The van der Waals surface area contributed by atoms with Gasteiger partial charge in [0.05, 0.1) is 10.7 Å². The van der Waals surface area contributed by atoms with Crippen LogP contribution in [0.5, 0.6) is 0 Å². The van der Waals surface area contributed by atoms with Crippen LogP contribution in [-0.4, -0.2) is 66.8 Å². The molecular weight excluding hydrogens is 322 g/mol. The van der Waals surface area contributed by atoms with E-state index in [0.717, 1.165) is 43.0 Å². The molecule has 1 aromatic rings. The highest BCUT2D eigenvalue weighted by Gasteiger charge is 2.29. The maximum Gasteiger partial charge on any atom is 0.240 e. The minimum absolute atomic E-state index is 0.283. The molecule has 1 aliphatic heterocycles. The Bertz CT molecular complexity index is 627. The normalized spacial score (nSPS) is 19.0. The molecule has 124 valence electrons. The molecule has 2 heterocycles. The van der Waals surface area contributed by atoms with Crippen LogP contribution in [0.2, 0.25) is 0 Å². The third-order valence-corrected chi connectivity index (χ3v) is 6.25. The van der Waals surface area contributed by atoms with Gasteiger partial charge in [0.1, 0.15) is 5.25 Å². The summed E-state index contributed by atoms with van der Waals surface area (Å²) in [5, 5.41) is 2.17. The second-order valence-electron chi connectivity index (χ2n) is 5.78. The highest BCUT2D eigenvalue weighted by molar-refractivity contribution is 7.92. The molecule has 0 spiro atoms. The Labute approximate surface area is 136 Å². The van der Waals surface area contributed by atoms with Crippen LogP contribution in [-0.2, 0) is 21.2 Å². The maximum absolute atomic E-state index is 12.3. The Hall–Kier alpha value is -0.990. The molecule has 22 heavy (non-hydrogen) atoms. The topological polar surface area (TPSA) is 70.6 Å². The van der Waals surface area contributed by atoms with E-state index in [1.807, 2.05) is 6.92 Å². The molecule has 1 amide bonds. The lowest BCUT2D eigenvalue weighted by atomic mass is 10.3. The smallest absolute Gasteiger partial charge is 0.240 e. The molecule has 2 rings (SSSR count). The van der Waals surface area contributed by atoms with E-state index < -0.39 is 15.1 Å². The summed E-state index contributed by atoms with van der Waals surface area (Å²) in [6.07, 6.45) is 1.97. The second kappa shape index (κ2) is 7.06. The third kappa shape index (κ3) is 4.50. The lowest BCUT2D eigenvalue weighted by molar-refractivity contribution is -0.130. The van der Waals surface area contributed by atoms with Crippen LogP contribution in [0.25, 0.3) is 0 Å². The summed E-state index contributed by atoms with van der Waals surface area (Å²) in [5.41, 5.74) is 1.06. The Balaban J connectivity index is 1.93. The minimum atomic E-state index is -3.34. The minimum Gasteiger partial charge on any atom is -0.340 e. The first-order valence-corrected chi connectivity index (χ1v) is 10.2. The Morgan fingerprint density at radius 3 is 2.68 bits per heavy atom. The molecular formula is C14H23N3O3S2. The molecule has 0 radical (unpaired) electrons. The van der Waals surface area contributed by atoms with Gasteiger partial charge in [-0.05, 0) is 20.3 Å². The van der Waals surface area contributed by atoms with Gasteiger partial charge >= 0.3 is 0 Å². The molecule has 0 bridgehead atoms. The van der Waals surface area contributed by atoms with Gasteiger partial charge in [0.15, 0.2) is 9.84 Å². The van der Waals surface area contributed by atoms with Crippen molar-refractivity contribution in [2.24, 2.45) is 0 Å². The van der Waals surface area contributed by atoms with E-state index in [1.165, 1.54) is 6.92 Å². The number of sulfone groups is 1. The first kappa shape index (κ1) is 17.4. The summed E-state index contributed by atoms with van der Waals surface area (Å²) in [6, 6.07) is 0. The number of aryl methyl sites for hydroxylation is 1. The molecule has 0 N–H and O–H groups in total. The molecule has 8 heteroatoms. The molecule has 6 nitrogen and oxygen atoms in total. The van der Waals surface area contributed by atoms with Gasteiger partial charge in [-0.1, -0.05) is 0 Å². The van der Waals surface area contributed by atoms with Crippen LogP contribution in [0.4, 0.5) is 0 Å². The molecule has 0 aliphatic carbocycles. The monoisotopic (exact) mass is 345 g/mol. The average Bonchev–Trinajstić information content (AvgIpc) is 2.71. The zero-order valence-electron chi connectivity index (χ0n) is 13.3. The van der Waals surface area contributed by atoms with Gasteiger partial charge in [-0.3, -0.25) is 9.69 Å². The number of rotatable bonds is 4. The van der Waals surface area contributed by atoms with Gasteiger partial charge < -0.3 is 4.90 Å². The lowest BCUT2D eigenvalue weighted by Crippen LogP contribution is -2.43. The number of nitrogens with zero attached hydrogens (tertiary/aromatic N) is 3. The van der Waals surface area contributed by atoms with E-state index in [2.05, 4.69) is 15.3 Å². The van der Waals surface area contributed by atoms with Gasteiger partial charge in [0, 0.05) is 44.4 Å². The fraction of sp³-hybridized carbons (Fsp3) is 0.714. The first-order valence-electron chi connectivity index (χ1n) is 7.38. The molecule has 0 aromatic carbocycles. The Morgan fingerprint density at radius 1 is 1.36 bits per heavy atom. The van der Waals surface area contributed by atoms with Crippen molar-refractivity contribution in [1.29, 1.82) is 0 Å². The lowest BCUT2D eigenvalue weighted by Gasteiger charge is -2.23. The van der Waals surface area contributed by atoms with Crippen molar-refractivity contribution in [2.45, 2.75) is 32.1 Å². The second-order valence-corrected chi connectivity index (χ2v) is 9.21. The standard InChI is InChI=1S/C14H23N3O3S2/c1-11(22(3,19)20)14(18)17-6-4-5-16(7-8-17)9-13-10-21-12(2)15-13/h10-11H,4-9H2,1-3H3/t11-/m0/s1. The van der Waals surface area contributed by atoms with Gasteiger partial charge in [0.2, 0.25) is 5.91 Å². The quantitative estimate of drug-likeness (QED) is 0.811. The van der Waals surface area contributed by atoms with Crippen molar-refractivity contribution in [2.75, 3.05) is 32.4 Å². The summed E-state index contributed by atoms with van der Waals surface area (Å²) in [5.74, 6) is -0.283. The van der Waals surface area contributed by atoms with Crippen molar-refractivity contribution >= 4 is 27.1 Å². The highest BCUT2D eigenvalue weighted by atomic mass is 32.2. The fourth-order valence-corrected chi connectivity index (χ4v) is 3.62. The zero-order valence-corrected chi connectivity index (χ0v) is 14.9. The summed E-state index contributed by atoms with van der Waals surface area (Å²) in [4.78, 5) is 20.7. The third-order valence-electron chi connectivity index (χ3n) is 3.94. The predicted octanol–water partition coefficient (Wildman–Crippen LogP) is 0.919. The van der Waals surface area contributed by atoms with Crippen LogP contribution in [0.3, 0.4) is 0 Å². The van der Waals surface area contributed by atoms with E-state index in [-0.39, 0.29) is 5.91 Å². The van der Waals surface area contributed by atoms with Crippen molar-refractivity contribution in [3.63, 3.8) is 0 Å². The summed E-state index contributed by atoms with van der Waals surface area (Å²) >= 11 is 1.64. The Morgan fingerprint density at radius 2 is 2.09 bits per heavy atom. The first-order chi connectivity index (χ1) is 10.3. The number of hydrogen-bond acceptors (Lipinski definition) is 6. The Kier molecular flexibility index (Phi) is 5.57. The number of hydrogen-bond donors (Lipinski definition) is 0. The van der Waals surface area contributed by atoms with Crippen LogP contribution in [0.1, 0.15) is 24.0 Å². The SMILES string of the molecule is Cc1nc(CN2CCCN(C(=O)[C@H](C)S(C)(=O)=O)CC2)cs1. The van der Waals surface area contributed by atoms with Crippen molar-refractivity contribution in [3.8, 4) is 0 Å². The van der Waals surface area contributed by atoms with Gasteiger partial charge in [-0.25, -0.2) is 13.4 Å². The van der Waals surface area contributed by atoms with Crippen LogP contribution < -0.4 is 0 Å². The van der Waals surface area contributed by atoms with Crippen LogP contribution in [0, 0.1) is 6.92 Å². The van der Waals surface area contributed by atoms with E-state index in [9.17, 15) is 13.2 Å². The van der Waals surface area contributed by atoms with E-state index in [4.69, 9.17) is 0 Å². The van der Waals surface area contributed by atoms with E-state index in [0.29, 0.717) is 13.1 Å². The van der Waals surface area contributed by atoms with Crippen LogP contribution >= 0.6 is 11.3 Å². The molecule has 1 aromatic heterocycles. The van der Waals surface area contributed by atoms with Gasteiger partial charge in [-0.2, -0.15) is 0 Å². The maximum atomic E-state index is 12.3. The molecule has 0 saturated carbocycles. The van der Waals surface area contributed by atoms with Crippen molar-refractivity contribution in [3.05, 3.63) is 16.1 Å². The number of carbonyl (C=O) groups excluding carboxylic acids is 1. The predicted molar refractivity (Wildman–Crippen MR) is 87.6 cm³/mol. The zero-order chi connectivity index (χ0) is 16.3. The molecule has 1 atom stereocenters. The van der Waals surface area contributed by atoms with Crippen molar-refractivity contribution in [1.82, 2.24) is 14.8 Å². The van der Waals surface area contributed by atoms with Gasteiger partial charge in [0.25, 0.3) is 0 Å². The number of amides is 1. The summed E-state index contributed by atoms with van der Waals surface area (Å²) in [6.45, 7) is 7.08. The van der Waals surface area contributed by atoms with Crippen molar-refractivity contribution < 1.29 is 13.2 Å².